The number of halogens is 1. The van der Waals surface area contributed by atoms with Gasteiger partial charge in [-0.05, 0) is 25.5 Å². The van der Waals surface area contributed by atoms with Crippen LogP contribution in [0, 0.1) is 6.92 Å². The van der Waals surface area contributed by atoms with Crippen LogP contribution in [0.25, 0.3) is 11.0 Å². The summed E-state index contributed by atoms with van der Waals surface area (Å²) in [4.78, 5) is 11.2. The molecular formula is C12H11ClO3. The number of benzene rings is 1. The first kappa shape index (κ1) is 11.0. The maximum Gasteiger partial charge on any atom is 0.336 e. The second kappa shape index (κ2) is 4.18. The van der Waals surface area contributed by atoms with Crippen molar-refractivity contribution >= 4 is 22.6 Å². The number of ether oxygens (including phenoxy) is 1. The molecule has 0 radical (unpaired) electrons. The smallest absolute Gasteiger partial charge is 0.336 e. The molecule has 0 N–H and O–H groups in total. The lowest BCUT2D eigenvalue weighted by atomic mass is 10.1. The predicted molar refractivity (Wildman–Crippen MR) is 63.4 cm³/mol. The van der Waals surface area contributed by atoms with Crippen molar-refractivity contribution in [2.45, 2.75) is 13.8 Å². The molecule has 0 saturated carbocycles. The van der Waals surface area contributed by atoms with Crippen molar-refractivity contribution in [3.8, 4) is 5.75 Å². The molecule has 0 bridgehead atoms. The molecule has 1 heterocycles. The summed E-state index contributed by atoms with van der Waals surface area (Å²) in [6.45, 7) is 4.23. The van der Waals surface area contributed by atoms with E-state index < -0.39 is 0 Å². The van der Waals surface area contributed by atoms with E-state index in [9.17, 15) is 4.79 Å². The van der Waals surface area contributed by atoms with Gasteiger partial charge < -0.3 is 9.15 Å². The molecule has 0 aliphatic rings. The summed E-state index contributed by atoms with van der Waals surface area (Å²) < 4.78 is 10.4. The van der Waals surface area contributed by atoms with Gasteiger partial charge in [-0.25, -0.2) is 4.79 Å². The van der Waals surface area contributed by atoms with Crippen molar-refractivity contribution in [2.24, 2.45) is 0 Å². The fourth-order valence-electron chi connectivity index (χ4n) is 1.59. The van der Waals surface area contributed by atoms with Crippen LogP contribution in [0.15, 0.2) is 27.4 Å². The summed E-state index contributed by atoms with van der Waals surface area (Å²) in [5.41, 5.74) is 0.976. The van der Waals surface area contributed by atoms with Crippen LogP contribution in [0.3, 0.4) is 0 Å². The van der Waals surface area contributed by atoms with E-state index in [-0.39, 0.29) is 5.63 Å². The molecule has 3 nitrogen and oxygen atoms in total. The van der Waals surface area contributed by atoms with Crippen molar-refractivity contribution in [1.29, 1.82) is 0 Å². The summed E-state index contributed by atoms with van der Waals surface area (Å²) in [5.74, 6) is 0.533. The summed E-state index contributed by atoms with van der Waals surface area (Å²) in [5, 5.41) is 1.35. The highest BCUT2D eigenvalue weighted by Crippen LogP contribution is 2.30. The van der Waals surface area contributed by atoms with E-state index in [0.29, 0.717) is 23.0 Å². The van der Waals surface area contributed by atoms with Crippen molar-refractivity contribution in [3.05, 3.63) is 39.2 Å². The second-order valence-corrected chi connectivity index (χ2v) is 3.87. The monoisotopic (exact) mass is 238 g/mol. The third-order valence-electron chi connectivity index (χ3n) is 2.30. The molecule has 0 atom stereocenters. The molecular weight excluding hydrogens is 228 g/mol. The molecule has 4 heteroatoms. The normalized spacial score (nSPS) is 10.7. The largest absolute Gasteiger partial charge is 0.492 e. The van der Waals surface area contributed by atoms with E-state index in [2.05, 4.69) is 0 Å². The van der Waals surface area contributed by atoms with E-state index in [4.69, 9.17) is 20.8 Å². The quantitative estimate of drug-likeness (QED) is 0.755. The standard InChI is InChI=1S/C12H11ClO3/c1-3-15-11-6-10-8(5-9(11)13)7(2)4-12(14)16-10/h4-6H,3H2,1-2H3. The Kier molecular flexibility index (Phi) is 2.88. The van der Waals surface area contributed by atoms with Gasteiger partial charge in [0, 0.05) is 17.5 Å². The zero-order chi connectivity index (χ0) is 11.7. The minimum atomic E-state index is -0.366. The van der Waals surface area contributed by atoms with Crippen LogP contribution in [-0.4, -0.2) is 6.61 Å². The van der Waals surface area contributed by atoms with E-state index in [1.54, 1.807) is 12.1 Å². The molecule has 84 valence electrons. The fraction of sp³-hybridized carbons (Fsp3) is 0.250. The third kappa shape index (κ3) is 1.91. The van der Waals surface area contributed by atoms with Crippen LogP contribution in [0.2, 0.25) is 5.02 Å². The molecule has 2 aromatic rings. The van der Waals surface area contributed by atoms with Gasteiger partial charge in [0.2, 0.25) is 0 Å². The molecule has 0 amide bonds. The average Bonchev–Trinajstić information content (AvgIpc) is 2.21. The number of hydrogen-bond acceptors (Lipinski definition) is 3. The lowest BCUT2D eigenvalue weighted by Gasteiger charge is -2.07. The van der Waals surface area contributed by atoms with Gasteiger partial charge in [0.25, 0.3) is 0 Å². The van der Waals surface area contributed by atoms with Gasteiger partial charge in [0.1, 0.15) is 11.3 Å². The maximum absolute atomic E-state index is 11.2. The van der Waals surface area contributed by atoms with Gasteiger partial charge in [-0.3, -0.25) is 0 Å². The minimum absolute atomic E-state index is 0.366. The Morgan fingerprint density at radius 1 is 1.38 bits per heavy atom. The van der Waals surface area contributed by atoms with Gasteiger partial charge in [0.15, 0.2) is 0 Å². The topological polar surface area (TPSA) is 39.4 Å². The van der Waals surface area contributed by atoms with Crippen LogP contribution < -0.4 is 10.4 Å². The lowest BCUT2D eigenvalue weighted by Crippen LogP contribution is -1.99. The van der Waals surface area contributed by atoms with E-state index in [1.807, 2.05) is 13.8 Å². The zero-order valence-corrected chi connectivity index (χ0v) is 9.80. The number of fused-ring (bicyclic) bond motifs is 1. The van der Waals surface area contributed by atoms with E-state index in [0.717, 1.165) is 10.9 Å². The van der Waals surface area contributed by atoms with Crippen molar-refractivity contribution in [1.82, 2.24) is 0 Å². The molecule has 0 fully saturated rings. The lowest BCUT2D eigenvalue weighted by molar-refractivity contribution is 0.340. The van der Waals surface area contributed by atoms with Crippen LogP contribution in [0.1, 0.15) is 12.5 Å². The molecule has 0 spiro atoms. The Bertz CT molecular complexity index is 587. The van der Waals surface area contributed by atoms with Gasteiger partial charge in [-0.1, -0.05) is 11.6 Å². The SMILES string of the molecule is CCOc1cc2oc(=O)cc(C)c2cc1Cl. The summed E-state index contributed by atoms with van der Waals surface area (Å²) in [6, 6.07) is 4.84. The molecule has 16 heavy (non-hydrogen) atoms. The first-order valence-corrected chi connectivity index (χ1v) is 5.36. The highest BCUT2D eigenvalue weighted by molar-refractivity contribution is 6.32. The van der Waals surface area contributed by atoms with Gasteiger partial charge >= 0.3 is 5.63 Å². The van der Waals surface area contributed by atoms with Gasteiger partial charge in [-0.2, -0.15) is 0 Å². The Hall–Kier alpha value is -1.48. The van der Waals surface area contributed by atoms with E-state index >= 15 is 0 Å². The van der Waals surface area contributed by atoms with Crippen molar-refractivity contribution in [2.75, 3.05) is 6.61 Å². The second-order valence-electron chi connectivity index (χ2n) is 3.46. The zero-order valence-electron chi connectivity index (χ0n) is 9.04. The summed E-state index contributed by atoms with van der Waals surface area (Å²) in [6.07, 6.45) is 0. The van der Waals surface area contributed by atoms with Crippen LogP contribution in [0.5, 0.6) is 5.75 Å². The number of hydrogen-bond donors (Lipinski definition) is 0. The predicted octanol–water partition coefficient (Wildman–Crippen LogP) is 3.15. The van der Waals surface area contributed by atoms with E-state index in [1.165, 1.54) is 6.07 Å². The number of rotatable bonds is 2. The molecule has 0 saturated heterocycles. The van der Waals surface area contributed by atoms with Crippen LogP contribution in [0.4, 0.5) is 0 Å². The third-order valence-corrected chi connectivity index (χ3v) is 2.60. The minimum Gasteiger partial charge on any atom is -0.492 e. The summed E-state index contributed by atoms with van der Waals surface area (Å²) in [7, 11) is 0. The van der Waals surface area contributed by atoms with Crippen molar-refractivity contribution < 1.29 is 9.15 Å². The van der Waals surface area contributed by atoms with Crippen molar-refractivity contribution in [3.63, 3.8) is 0 Å². The molecule has 0 unspecified atom stereocenters. The maximum atomic E-state index is 11.2. The Balaban J connectivity index is 2.74. The van der Waals surface area contributed by atoms with Crippen LogP contribution >= 0.6 is 11.6 Å². The highest BCUT2D eigenvalue weighted by atomic mass is 35.5. The fourth-order valence-corrected chi connectivity index (χ4v) is 1.80. The highest BCUT2D eigenvalue weighted by Gasteiger charge is 2.08. The average molecular weight is 239 g/mol. The number of aryl methyl sites for hydroxylation is 1. The van der Waals surface area contributed by atoms with Gasteiger partial charge in [0.05, 0.1) is 11.6 Å². The summed E-state index contributed by atoms with van der Waals surface area (Å²) >= 11 is 6.05. The molecule has 2 rings (SSSR count). The molecule has 0 aliphatic heterocycles. The molecule has 1 aromatic heterocycles. The van der Waals surface area contributed by atoms with Crippen LogP contribution in [-0.2, 0) is 0 Å². The molecule has 1 aromatic carbocycles. The molecule has 0 aliphatic carbocycles. The first-order valence-electron chi connectivity index (χ1n) is 4.98. The Labute approximate surface area is 97.6 Å². The Morgan fingerprint density at radius 3 is 2.81 bits per heavy atom. The Morgan fingerprint density at radius 2 is 2.12 bits per heavy atom. The van der Waals surface area contributed by atoms with Gasteiger partial charge in [-0.15, -0.1) is 0 Å². The first-order chi connectivity index (χ1) is 7.61.